The first-order valence-electron chi connectivity index (χ1n) is 7.62. The largest absolute Gasteiger partial charge is 0.457 e. The highest BCUT2D eigenvalue weighted by atomic mass is 32.9. The van der Waals surface area contributed by atoms with Crippen molar-refractivity contribution in [2.75, 3.05) is 33.4 Å². The lowest BCUT2D eigenvalue weighted by Gasteiger charge is -2.14. The van der Waals surface area contributed by atoms with Crippen molar-refractivity contribution in [2.45, 2.75) is 0 Å². The van der Waals surface area contributed by atoms with Gasteiger partial charge in [0, 0.05) is 25.5 Å². The Morgan fingerprint density at radius 1 is 1.00 bits per heavy atom. The highest BCUT2D eigenvalue weighted by Crippen LogP contribution is 2.50. The number of morpholine rings is 1. The molecular formula is C17H22NO3PS2. The Morgan fingerprint density at radius 2 is 1.58 bits per heavy atom. The molecule has 2 aromatic rings. The molecule has 1 saturated heterocycles. The zero-order chi connectivity index (χ0) is 17.3. The van der Waals surface area contributed by atoms with E-state index in [-0.39, 0.29) is 0 Å². The summed E-state index contributed by atoms with van der Waals surface area (Å²) in [6.45, 7) is 3.83. The second kappa shape index (κ2) is 10.2. The van der Waals surface area contributed by atoms with E-state index in [4.69, 9.17) is 25.8 Å². The molecule has 1 unspecified atom stereocenters. The van der Waals surface area contributed by atoms with Crippen molar-refractivity contribution in [3.63, 3.8) is 0 Å². The smallest absolute Gasteiger partial charge is 0.145 e. The monoisotopic (exact) mass is 383 g/mol. The molecule has 3 rings (SSSR count). The Bertz CT molecular complexity index is 637. The number of hydrogen-bond donors (Lipinski definition) is 2. The molecule has 1 atom stereocenters. The molecule has 1 aliphatic heterocycles. The van der Waals surface area contributed by atoms with Crippen LogP contribution in [-0.2, 0) is 21.1 Å². The Hall–Kier alpha value is -0.880. The van der Waals surface area contributed by atoms with Crippen LogP contribution in [0.2, 0.25) is 0 Å². The molecule has 1 aliphatic rings. The second-order valence-corrected chi connectivity index (χ2v) is 10.9. The van der Waals surface area contributed by atoms with E-state index < -0.39 is 5.47 Å². The van der Waals surface area contributed by atoms with E-state index in [0.29, 0.717) is 0 Å². The summed E-state index contributed by atoms with van der Waals surface area (Å²) >= 11 is 9.67. The molecule has 0 aromatic heterocycles. The summed E-state index contributed by atoms with van der Waals surface area (Å²) < 4.78 is 15.9. The highest BCUT2D eigenvalue weighted by Gasteiger charge is 2.13. The van der Waals surface area contributed by atoms with Gasteiger partial charge in [0.15, 0.2) is 0 Å². The molecule has 4 nitrogen and oxygen atoms in total. The summed E-state index contributed by atoms with van der Waals surface area (Å²) in [6.07, 6.45) is 0. The lowest BCUT2D eigenvalue weighted by atomic mass is 10.3. The Morgan fingerprint density at radius 3 is 2.04 bits per heavy atom. The van der Waals surface area contributed by atoms with Gasteiger partial charge in [-0.2, -0.15) is 0 Å². The fraction of sp³-hybridized carbons (Fsp3) is 0.294. The molecule has 0 amide bonds. The van der Waals surface area contributed by atoms with E-state index in [9.17, 15) is 0 Å². The molecule has 24 heavy (non-hydrogen) atoms. The van der Waals surface area contributed by atoms with Crippen molar-refractivity contribution in [1.82, 2.24) is 5.32 Å². The van der Waals surface area contributed by atoms with Crippen molar-refractivity contribution < 1.29 is 14.0 Å². The highest BCUT2D eigenvalue weighted by molar-refractivity contribution is 8.64. The topological polar surface area (TPSA) is 39.7 Å². The van der Waals surface area contributed by atoms with Gasteiger partial charge in [0.25, 0.3) is 0 Å². The fourth-order valence-corrected chi connectivity index (χ4v) is 3.45. The summed E-state index contributed by atoms with van der Waals surface area (Å²) in [5, 5.41) is 4.08. The van der Waals surface area contributed by atoms with E-state index in [0.717, 1.165) is 43.1 Å². The predicted molar refractivity (Wildman–Crippen MR) is 107 cm³/mol. The van der Waals surface area contributed by atoms with Crippen LogP contribution in [0.25, 0.3) is 0 Å². The third-order valence-electron chi connectivity index (χ3n) is 3.24. The van der Waals surface area contributed by atoms with Crippen LogP contribution < -0.4 is 15.4 Å². The van der Waals surface area contributed by atoms with Crippen molar-refractivity contribution in [2.24, 2.45) is 0 Å². The minimum atomic E-state index is -2.16. The number of benzene rings is 2. The third kappa shape index (κ3) is 6.55. The summed E-state index contributed by atoms with van der Waals surface area (Å²) in [6, 6.07) is 17.2. The molecule has 0 saturated carbocycles. The SMILES string of the molecule is C1COCCN1.COP(=S)(S)c1ccc(Oc2ccccc2)cc1. The number of thiol groups is 1. The van der Waals surface area contributed by atoms with Crippen molar-refractivity contribution in [3.8, 4) is 11.5 Å². The summed E-state index contributed by atoms with van der Waals surface area (Å²) in [4.78, 5) is 0. The molecule has 2 aromatic carbocycles. The summed E-state index contributed by atoms with van der Waals surface area (Å²) in [7, 11) is 1.59. The molecule has 0 radical (unpaired) electrons. The van der Waals surface area contributed by atoms with Gasteiger partial charge in [-0.3, -0.25) is 0 Å². The molecule has 1 heterocycles. The number of ether oxygens (including phenoxy) is 2. The van der Waals surface area contributed by atoms with Gasteiger partial charge in [0.2, 0.25) is 0 Å². The number of rotatable bonds is 4. The van der Waals surface area contributed by atoms with Crippen LogP contribution in [-0.4, -0.2) is 33.4 Å². The average molecular weight is 383 g/mol. The molecule has 130 valence electrons. The van der Waals surface area contributed by atoms with Crippen LogP contribution in [0, 0.1) is 0 Å². The second-order valence-electron chi connectivity index (χ2n) is 4.97. The average Bonchev–Trinajstić information content (AvgIpc) is 2.65. The van der Waals surface area contributed by atoms with Crippen LogP contribution in [0.3, 0.4) is 0 Å². The lowest BCUT2D eigenvalue weighted by molar-refractivity contribution is 0.109. The Balaban J connectivity index is 0.000000292. The van der Waals surface area contributed by atoms with Crippen LogP contribution >= 0.6 is 17.7 Å². The van der Waals surface area contributed by atoms with Crippen LogP contribution in [0.15, 0.2) is 54.6 Å². The minimum Gasteiger partial charge on any atom is -0.457 e. The first-order valence-corrected chi connectivity index (χ1v) is 11.5. The van der Waals surface area contributed by atoms with Gasteiger partial charge in [0.1, 0.15) is 17.0 Å². The number of hydrogen-bond acceptors (Lipinski definition) is 5. The number of para-hydroxylation sites is 1. The fourth-order valence-electron chi connectivity index (χ4n) is 1.95. The van der Waals surface area contributed by atoms with Crippen LogP contribution in [0.4, 0.5) is 0 Å². The summed E-state index contributed by atoms with van der Waals surface area (Å²) in [5.41, 5.74) is -2.16. The van der Waals surface area contributed by atoms with Gasteiger partial charge >= 0.3 is 0 Å². The molecule has 0 spiro atoms. The first-order chi connectivity index (χ1) is 11.6. The van der Waals surface area contributed by atoms with Gasteiger partial charge in [0.05, 0.1) is 13.2 Å². The van der Waals surface area contributed by atoms with Crippen molar-refractivity contribution in [3.05, 3.63) is 54.6 Å². The van der Waals surface area contributed by atoms with Gasteiger partial charge in [-0.15, -0.1) is 12.2 Å². The third-order valence-corrected chi connectivity index (χ3v) is 6.94. The first kappa shape index (κ1) is 19.4. The maximum atomic E-state index is 5.69. The van der Waals surface area contributed by atoms with E-state index in [1.54, 1.807) is 7.11 Å². The van der Waals surface area contributed by atoms with Crippen molar-refractivity contribution >= 4 is 34.8 Å². The van der Waals surface area contributed by atoms with Gasteiger partial charge < -0.3 is 19.3 Å². The molecule has 7 heteroatoms. The van der Waals surface area contributed by atoms with Crippen LogP contribution in [0.5, 0.6) is 11.5 Å². The van der Waals surface area contributed by atoms with Gasteiger partial charge in [-0.1, -0.05) is 30.0 Å². The Labute approximate surface area is 153 Å². The maximum Gasteiger partial charge on any atom is 0.145 e. The van der Waals surface area contributed by atoms with E-state index in [1.165, 1.54) is 0 Å². The predicted octanol–water partition coefficient (Wildman–Crippen LogP) is 3.60. The van der Waals surface area contributed by atoms with E-state index >= 15 is 0 Å². The van der Waals surface area contributed by atoms with E-state index in [2.05, 4.69) is 17.6 Å². The molecule has 1 N–H and O–H groups in total. The Kier molecular flexibility index (Phi) is 8.25. The molecular weight excluding hydrogens is 361 g/mol. The zero-order valence-electron chi connectivity index (χ0n) is 13.6. The van der Waals surface area contributed by atoms with Crippen LogP contribution in [0.1, 0.15) is 0 Å². The summed E-state index contributed by atoms with van der Waals surface area (Å²) in [5.74, 6) is 1.58. The molecule has 1 fully saturated rings. The quantitative estimate of drug-likeness (QED) is 0.624. The molecule has 0 aliphatic carbocycles. The van der Waals surface area contributed by atoms with Gasteiger partial charge in [-0.25, -0.2) is 0 Å². The lowest BCUT2D eigenvalue weighted by Crippen LogP contribution is -2.30. The molecule has 0 bridgehead atoms. The zero-order valence-corrected chi connectivity index (χ0v) is 16.2. The maximum absolute atomic E-state index is 5.69. The van der Waals surface area contributed by atoms with Gasteiger partial charge in [-0.05, 0) is 36.4 Å². The van der Waals surface area contributed by atoms with Crippen molar-refractivity contribution in [1.29, 1.82) is 0 Å². The minimum absolute atomic E-state index is 0.768. The standard InChI is InChI=1S/C13H13O2PS2.C4H9NO/c1-14-16(17,18)13-9-7-12(8-10-13)15-11-5-3-2-4-6-11;1-3-6-4-2-5-1/h2-10H,1H3,(H,17,18);5H,1-4H2. The normalized spacial score (nSPS) is 16.4. The number of nitrogens with one attached hydrogen (secondary N) is 1. The van der Waals surface area contributed by atoms with E-state index in [1.807, 2.05) is 54.6 Å².